The minimum absolute atomic E-state index is 0.0624. The predicted octanol–water partition coefficient (Wildman–Crippen LogP) is 5.12. The van der Waals surface area contributed by atoms with E-state index in [1.807, 2.05) is 0 Å². The van der Waals surface area contributed by atoms with Crippen molar-refractivity contribution in [2.24, 2.45) is 0 Å². The number of ether oxygens (including phenoxy) is 1. The van der Waals surface area contributed by atoms with Crippen LogP contribution in [0.15, 0.2) is 14.3 Å². The highest BCUT2D eigenvalue weighted by atomic mass is 79.9. The van der Waals surface area contributed by atoms with Crippen molar-refractivity contribution in [2.75, 3.05) is 6.61 Å². The molecule has 1 saturated heterocycles. The number of rotatable bonds is 2. The monoisotopic (exact) mass is 372 g/mol. The van der Waals surface area contributed by atoms with Gasteiger partial charge in [-0.15, -0.1) is 22.9 Å². The van der Waals surface area contributed by atoms with Gasteiger partial charge in [-0.05, 0) is 57.7 Å². The maximum atomic E-state index is 6.48. The molecule has 1 aromatic heterocycles. The molecule has 1 aromatic rings. The fourth-order valence-corrected chi connectivity index (χ4v) is 4.37. The summed E-state index contributed by atoms with van der Waals surface area (Å²) in [6.07, 6.45) is 2.14. The van der Waals surface area contributed by atoms with Crippen molar-refractivity contribution >= 4 is 54.8 Å². The third-order valence-electron chi connectivity index (χ3n) is 2.70. The first-order valence-electron chi connectivity index (χ1n) is 4.76. The number of hydrogen-bond acceptors (Lipinski definition) is 2. The van der Waals surface area contributed by atoms with Crippen LogP contribution >= 0.6 is 54.8 Å². The van der Waals surface area contributed by atoms with Crippen LogP contribution in [-0.2, 0) is 4.74 Å². The van der Waals surface area contributed by atoms with E-state index in [1.54, 1.807) is 11.3 Å². The van der Waals surface area contributed by atoms with Gasteiger partial charge in [-0.2, -0.15) is 0 Å². The molecule has 15 heavy (non-hydrogen) atoms. The molecule has 0 saturated carbocycles. The smallest absolute Gasteiger partial charge is 0.0965 e. The Bertz CT molecular complexity index is 341. The van der Waals surface area contributed by atoms with E-state index in [1.165, 1.54) is 0 Å². The Morgan fingerprint density at radius 2 is 2.33 bits per heavy atom. The first kappa shape index (κ1) is 12.4. The summed E-state index contributed by atoms with van der Waals surface area (Å²) in [4.78, 5) is 1.15. The van der Waals surface area contributed by atoms with Gasteiger partial charge in [0.25, 0.3) is 0 Å². The van der Waals surface area contributed by atoms with E-state index in [0.29, 0.717) is 0 Å². The number of thiophene rings is 1. The van der Waals surface area contributed by atoms with Crippen molar-refractivity contribution < 1.29 is 4.74 Å². The highest BCUT2D eigenvalue weighted by molar-refractivity contribution is 9.13. The third-order valence-corrected chi connectivity index (χ3v) is 6.85. The zero-order chi connectivity index (χ0) is 11.1. The van der Waals surface area contributed by atoms with Gasteiger partial charge in [0.05, 0.1) is 14.8 Å². The quantitative estimate of drug-likeness (QED) is 0.653. The maximum absolute atomic E-state index is 6.48. The van der Waals surface area contributed by atoms with Crippen LogP contribution in [0.2, 0.25) is 0 Å². The number of hydrogen-bond donors (Lipinski definition) is 0. The second kappa shape index (κ2) is 4.65. The van der Waals surface area contributed by atoms with E-state index in [-0.39, 0.29) is 11.0 Å². The van der Waals surface area contributed by atoms with E-state index in [9.17, 15) is 0 Å². The molecule has 0 aromatic carbocycles. The Morgan fingerprint density at radius 3 is 2.80 bits per heavy atom. The van der Waals surface area contributed by atoms with Crippen LogP contribution in [0.3, 0.4) is 0 Å². The summed E-state index contributed by atoms with van der Waals surface area (Å²) in [5.41, 5.74) is -0.203. The van der Waals surface area contributed by atoms with Gasteiger partial charge >= 0.3 is 0 Å². The second-order valence-corrected chi connectivity index (χ2v) is 7.59. The van der Waals surface area contributed by atoms with Crippen LogP contribution in [0.1, 0.15) is 30.0 Å². The molecule has 0 aliphatic carbocycles. The molecule has 5 heteroatoms. The van der Waals surface area contributed by atoms with Crippen molar-refractivity contribution in [3.05, 3.63) is 19.2 Å². The molecule has 84 valence electrons. The topological polar surface area (TPSA) is 9.23 Å². The highest BCUT2D eigenvalue weighted by Crippen LogP contribution is 2.46. The molecule has 1 fully saturated rings. The lowest BCUT2D eigenvalue weighted by Gasteiger charge is -2.27. The lowest BCUT2D eigenvalue weighted by atomic mass is 9.97. The standard InChI is InChI=1S/C10H11Br2ClOS/c1-10(3-2-4-14-10)8(13)7-5-6(11)9(12)15-7/h5,8H,2-4H2,1H3. The van der Waals surface area contributed by atoms with Crippen molar-refractivity contribution in [3.8, 4) is 0 Å². The van der Waals surface area contributed by atoms with Crippen LogP contribution in [-0.4, -0.2) is 12.2 Å². The molecule has 2 atom stereocenters. The van der Waals surface area contributed by atoms with Crippen molar-refractivity contribution in [1.82, 2.24) is 0 Å². The zero-order valence-corrected chi connectivity index (χ0v) is 13.0. The molecule has 0 bridgehead atoms. The summed E-state index contributed by atoms with van der Waals surface area (Å²) >= 11 is 15.1. The number of halogens is 3. The third kappa shape index (κ3) is 2.44. The Balaban J connectivity index is 2.23. The fraction of sp³-hybridized carbons (Fsp3) is 0.600. The van der Waals surface area contributed by atoms with E-state index in [2.05, 4.69) is 44.8 Å². The first-order chi connectivity index (χ1) is 7.03. The van der Waals surface area contributed by atoms with Crippen LogP contribution in [0.25, 0.3) is 0 Å². The van der Waals surface area contributed by atoms with Crippen LogP contribution in [0, 0.1) is 0 Å². The van der Waals surface area contributed by atoms with Crippen LogP contribution in [0.5, 0.6) is 0 Å². The minimum Gasteiger partial charge on any atom is -0.373 e. The summed E-state index contributed by atoms with van der Waals surface area (Å²) in [5, 5.41) is -0.0624. The molecule has 0 radical (unpaired) electrons. The van der Waals surface area contributed by atoms with E-state index in [0.717, 1.165) is 32.6 Å². The van der Waals surface area contributed by atoms with E-state index in [4.69, 9.17) is 16.3 Å². The van der Waals surface area contributed by atoms with Crippen molar-refractivity contribution in [3.63, 3.8) is 0 Å². The molecule has 1 aliphatic rings. The second-order valence-electron chi connectivity index (χ2n) is 3.90. The van der Waals surface area contributed by atoms with Gasteiger partial charge < -0.3 is 4.74 Å². The summed E-state index contributed by atoms with van der Waals surface area (Å²) in [6.45, 7) is 2.92. The summed E-state index contributed by atoms with van der Waals surface area (Å²) in [7, 11) is 0. The lowest BCUT2D eigenvalue weighted by Crippen LogP contribution is -2.28. The summed E-state index contributed by atoms with van der Waals surface area (Å²) in [5.74, 6) is 0. The molecule has 2 rings (SSSR count). The Morgan fingerprint density at radius 1 is 1.60 bits per heavy atom. The number of alkyl halides is 1. The van der Waals surface area contributed by atoms with Crippen molar-refractivity contribution in [2.45, 2.75) is 30.7 Å². The first-order valence-corrected chi connectivity index (χ1v) is 7.59. The molecule has 0 amide bonds. The molecule has 0 N–H and O–H groups in total. The van der Waals surface area contributed by atoms with E-state index >= 15 is 0 Å². The Labute approximate surface area is 115 Å². The summed E-state index contributed by atoms with van der Waals surface area (Å²) in [6, 6.07) is 2.07. The average Bonchev–Trinajstić information content (AvgIpc) is 2.75. The molecule has 2 heterocycles. The SMILES string of the molecule is CC1(C(Cl)c2cc(Br)c(Br)s2)CCCO1. The van der Waals surface area contributed by atoms with Crippen LogP contribution in [0.4, 0.5) is 0 Å². The molecular weight excluding hydrogens is 363 g/mol. The van der Waals surface area contributed by atoms with Crippen LogP contribution < -0.4 is 0 Å². The maximum Gasteiger partial charge on any atom is 0.0965 e. The van der Waals surface area contributed by atoms with Gasteiger partial charge in [0.15, 0.2) is 0 Å². The average molecular weight is 375 g/mol. The normalized spacial score (nSPS) is 28.3. The van der Waals surface area contributed by atoms with Gasteiger partial charge in [0.2, 0.25) is 0 Å². The molecule has 1 nitrogen and oxygen atoms in total. The minimum atomic E-state index is -0.203. The zero-order valence-electron chi connectivity index (χ0n) is 8.23. The molecular formula is C10H11Br2ClOS. The summed E-state index contributed by atoms with van der Waals surface area (Å²) < 4.78 is 7.90. The fourth-order valence-electron chi connectivity index (χ4n) is 1.79. The van der Waals surface area contributed by atoms with Gasteiger partial charge in [-0.3, -0.25) is 0 Å². The Kier molecular flexibility index (Phi) is 3.83. The lowest BCUT2D eigenvalue weighted by molar-refractivity contribution is 0.0171. The molecule has 1 aliphatic heterocycles. The largest absolute Gasteiger partial charge is 0.373 e. The van der Waals surface area contributed by atoms with Gasteiger partial charge in [-0.25, -0.2) is 0 Å². The van der Waals surface area contributed by atoms with E-state index < -0.39 is 0 Å². The predicted molar refractivity (Wildman–Crippen MR) is 71.9 cm³/mol. The molecule has 2 unspecified atom stereocenters. The Hall–Kier alpha value is 0.910. The van der Waals surface area contributed by atoms with Gasteiger partial charge in [0, 0.05) is 16.0 Å². The van der Waals surface area contributed by atoms with Crippen molar-refractivity contribution in [1.29, 1.82) is 0 Å². The van der Waals surface area contributed by atoms with Gasteiger partial charge in [-0.1, -0.05) is 0 Å². The van der Waals surface area contributed by atoms with Gasteiger partial charge in [0.1, 0.15) is 0 Å². The molecule has 0 spiro atoms. The highest BCUT2D eigenvalue weighted by Gasteiger charge is 2.39.